The number of anilines is 1. The second-order valence-electron chi connectivity index (χ2n) is 4.86. The van der Waals surface area contributed by atoms with Gasteiger partial charge in [-0.1, -0.05) is 6.07 Å². The lowest BCUT2D eigenvalue weighted by Gasteiger charge is -2.27. The van der Waals surface area contributed by atoms with Crippen LogP contribution >= 0.6 is 0 Å². The van der Waals surface area contributed by atoms with Crippen molar-refractivity contribution in [3.8, 4) is 0 Å². The highest BCUT2D eigenvalue weighted by molar-refractivity contribution is 5.92. The number of morpholine rings is 1. The number of aromatic nitrogens is 3. The Labute approximate surface area is 128 Å². The van der Waals surface area contributed by atoms with Crippen molar-refractivity contribution in [2.24, 2.45) is 0 Å². The van der Waals surface area contributed by atoms with E-state index in [0.717, 1.165) is 24.6 Å². The molecular formula is C15H17N5O2. The maximum atomic E-state index is 12.2. The Balaban J connectivity index is 1.64. The largest absolute Gasteiger partial charge is 0.378 e. The van der Waals surface area contributed by atoms with Crippen LogP contribution in [-0.4, -0.2) is 47.2 Å². The average Bonchev–Trinajstić information content (AvgIpc) is 2.61. The van der Waals surface area contributed by atoms with Crippen LogP contribution in [0.1, 0.15) is 16.2 Å². The normalized spacial score (nSPS) is 14.6. The van der Waals surface area contributed by atoms with Crippen LogP contribution in [0.4, 0.5) is 5.82 Å². The number of carbonyl (C=O) groups excluding carboxylic acids is 1. The summed E-state index contributed by atoms with van der Waals surface area (Å²) in [6, 6.07) is 7.29. The molecule has 0 aliphatic carbocycles. The first-order valence-electron chi connectivity index (χ1n) is 7.16. The third-order valence-corrected chi connectivity index (χ3v) is 3.38. The van der Waals surface area contributed by atoms with E-state index in [-0.39, 0.29) is 5.91 Å². The SMILES string of the molecule is O=C(NCc1ccccn1)c1cc(N2CCOCC2)ncn1. The zero-order chi connectivity index (χ0) is 15.2. The molecule has 0 spiro atoms. The molecule has 1 aliphatic heterocycles. The van der Waals surface area contributed by atoms with Gasteiger partial charge in [-0.15, -0.1) is 0 Å². The lowest BCUT2D eigenvalue weighted by atomic mass is 10.3. The number of nitrogens with one attached hydrogen (secondary N) is 1. The zero-order valence-electron chi connectivity index (χ0n) is 12.1. The summed E-state index contributed by atoms with van der Waals surface area (Å²) in [7, 11) is 0. The number of amides is 1. The Morgan fingerprint density at radius 2 is 2.09 bits per heavy atom. The minimum atomic E-state index is -0.234. The first-order chi connectivity index (χ1) is 10.8. The number of rotatable bonds is 4. The van der Waals surface area contributed by atoms with Crippen LogP contribution in [-0.2, 0) is 11.3 Å². The molecule has 3 heterocycles. The fourth-order valence-electron chi connectivity index (χ4n) is 2.20. The summed E-state index contributed by atoms with van der Waals surface area (Å²) >= 11 is 0. The second-order valence-corrected chi connectivity index (χ2v) is 4.86. The predicted octanol–water partition coefficient (Wildman–Crippen LogP) is 0.638. The van der Waals surface area contributed by atoms with Crippen molar-refractivity contribution < 1.29 is 9.53 Å². The Hall–Kier alpha value is -2.54. The predicted molar refractivity (Wildman–Crippen MR) is 80.5 cm³/mol. The summed E-state index contributed by atoms with van der Waals surface area (Å²) in [4.78, 5) is 26.7. The molecule has 2 aromatic rings. The van der Waals surface area contributed by atoms with E-state index in [9.17, 15) is 4.79 Å². The van der Waals surface area contributed by atoms with Gasteiger partial charge in [0.1, 0.15) is 17.8 Å². The zero-order valence-corrected chi connectivity index (χ0v) is 12.1. The van der Waals surface area contributed by atoms with E-state index in [4.69, 9.17) is 4.74 Å². The molecule has 1 saturated heterocycles. The van der Waals surface area contributed by atoms with Gasteiger partial charge in [-0.3, -0.25) is 9.78 Å². The van der Waals surface area contributed by atoms with E-state index in [1.807, 2.05) is 18.2 Å². The van der Waals surface area contributed by atoms with Gasteiger partial charge in [-0.05, 0) is 12.1 Å². The number of carbonyl (C=O) groups is 1. The average molecular weight is 299 g/mol. The lowest BCUT2D eigenvalue weighted by Crippen LogP contribution is -2.37. The molecule has 1 amide bonds. The van der Waals surface area contributed by atoms with Crippen LogP contribution in [0.3, 0.4) is 0 Å². The van der Waals surface area contributed by atoms with Crippen molar-refractivity contribution in [2.45, 2.75) is 6.54 Å². The van der Waals surface area contributed by atoms with E-state index in [0.29, 0.717) is 25.5 Å². The standard InChI is InChI=1S/C15H17N5O2/c21-15(17-10-12-3-1-2-4-16-12)13-9-14(19-11-18-13)20-5-7-22-8-6-20/h1-4,9,11H,5-8,10H2,(H,17,21). The highest BCUT2D eigenvalue weighted by atomic mass is 16.5. The molecule has 22 heavy (non-hydrogen) atoms. The van der Waals surface area contributed by atoms with Gasteiger partial charge in [0.25, 0.3) is 5.91 Å². The summed E-state index contributed by atoms with van der Waals surface area (Å²) in [6.45, 7) is 3.25. The highest BCUT2D eigenvalue weighted by Crippen LogP contribution is 2.12. The van der Waals surface area contributed by atoms with Crippen molar-refractivity contribution in [3.63, 3.8) is 0 Å². The van der Waals surface area contributed by atoms with E-state index in [2.05, 4.69) is 25.2 Å². The summed E-state index contributed by atoms with van der Waals surface area (Å²) in [5.41, 5.74) is 1.16. The molecule has 114 valence electrons. The quantitative estimate of drug-likeness (QED) is 0.892. The van der Waals surface area contributed by atoms with Crippen molar-refractivity contribution in [1.29, 1.82) is 0 Å². The van der Waals surface area contributed by atoms with E-state index < -0.39 is 0 Å². The van der Waals surface area contributed by atoms with Gasteiger partial charge in [0, 0.05) is 25.4 Å². The van der Waals surface area contributed by atoms with E-state index in [1.54, 1.807) is 12.3 Å². The van der Waals surface area contributed by atoms with Crippen LogP contribution in [0.15, 0.2) is 36.8 Å². The molecule has 1 fully saturated rings. The van der Waals surface area contributed by atoms with Crippen molar-refractivity contribution in [1.82, 2.24) is 20.3 Å². The molecule has 1 aliphatic rings. The summed E-state index contributed by atoms with van der Waals surface area (Å²) in [6.07, 6.45) is 3.11. The van der Waals surface area contributed by atoms with Crippen molar-refractivity contribution in [3.05, 3.63) is 48.2 Å². The monoisotopic (exact) mass is 299 g/mol. The van der Waals surface area contributed by atoms with Crippen LogP contribution in [0.25, 0.3) is 0 Å². The number of hydrogen-bond acceptors (Lipinski definition) is 6. The minimum Gasteiger partial charge on any atom is -0.378 e. The van der Waals surface area contributed by atoms with E-state index >= 15 is 0 Å². The molecule has 0 atom stereocenters. The Bertz CT molecular complexity index is 629. The second kappa shape index (κ2) is 6.95. The molecule has 0 unspecified atom stereocenters. The van der Waals surface area contributed by atoms with Gasteiger partial charge in [-0.25, -0.2) is 9.97 Å². The van der Waals surface area contributed by atoms with Gasteiger partial charge < -0.3 is 15.0 Å². The van der Waals surface area contributed by atoms with Crippen molar-refractivity contribution >= 4 is 11.7 Å². The number of ether oxygens (including phenoxy) is 1. The molecule has 0 radical (unpaired) electrons. The summed E-state index contributed by atoms with van der Waals surface area (Å²) < 4.78 is 5.32. The molecule has 0 saturated carbocycles. The van der Waals surface area contributed by atoms with Gasteiger partial charge in [-0.2, -0.15) is 0 Å². The molecule has 2 aromatic heterocycles. The maximum absolute atomic E-state index is 12.2. The summed E-state index contributed by atoms with van der Waals surface area (Å²) in [5.74, 6) is 0.517. The third-order valence-electron chi connectivity index (χ3n) is 3.38. The Morgan fingerprint density at radius 3 is 2.86 bits per heavy atom. The number of hydrogen-bond donors (Lipinski definition) is 1. The van der Waals surface area contributed by atoms with Gasteiger partial charge in [0.2, 0.25) is 0 Å². The fourth-order valence-corrected chi connectivity index (χ4v) is 2.20. The van der Waals surface area contributed by atoms with Gasteiger partial charge in [0.15, 0.2) is 0 Å². The summed E-state index contributed by atoms with van der Waals surface area (Å²) in [5, 5.41) is 2.81. The number of nitrogens with zero attached hydrogens (tertiary/aromatic N) is 4. The van der Waals surface area contributed by atoms with Crippen LogP contribution in [0.5, 0.6) is 0 Å². The third kappa shape index (κ3) is 3.56. The maximum Gasteiger partial charge on any atom is 0.270 e. The van der Waals surface area contributed by atoms with E-state index in [1.165, 1.54) is 6.33 Å². The first kappa shape index (κ1) is 14.4. The first-order valence-corrected chi connectivity index (χ1v) is 7.16. The lowest BCUT2D eigenvalue weighted by molar-refractivity contribution is 0.0945. The van der Waals surface area contributed by atoms with Crippen LogP contribution in [0, 0.1) is 0 Å². The number of pyridine rings is 1. The molecule has 7 nitrogen and oxygen atoms in total. The van der Waals surface area contributed by atoms with Crippen LogP contribution < -0.4 is 10.2 Å². The Morgan fingerprint density at radius 1 is 1.23 bits per heavy atom. The molecule has 1 N–H and O–H groups in total. The van der Waals surface area contributed by atoms with Crippen molar-refractivity contribution in [2.75, 3.05) is 31.2 Å². The minimum absolute atomic E-state index is 0.234. The molecule has 7 heteroatoms. The smallest absolute Gasteiger partial charge is 0.270 e. The molecular weight excluding hydrogens is 282 g/mol. The topological polar surface area (TPSA) is 80.2 Å². The molecule has 0 bridgehead atoms. The molecule has 0 aromatic carbocycles. The van der Waals surface area contributed by atoms with Gasteiger partial charge in [0.05, 0.1) is 25.5 Å². The van der Waals surface area contributed by atoms with Gasteiger partial charge >= 0.3 is 0 Å². The molecule has 3 rings (SSSR count). The fraction of sp³-hybridized carbons (Fsp3) is 0.333. The van der Waals surface area contributed by atoms with Crippen LogP contribution in [0.2, 0.25) is 0 Å². The highest BCUT2D eigenvalue weighted by Gasteiger charge is 2.15. The Kier molecular flexibility index (Phi) is 4.55.